The van der Waals surface area contributed by atoms with Crippen LogP contribution in [0.1, 0.15) is 18.2 Å². The minimum absolute atomic E-state index is 0.284. The molecule has 0 bridgehead atoms. The number of hydrogen-bond acceptors (Lipinski definition) is 4. The van der Waals surface area contributed by atoms with Crippen molar-refractivity contribution in [3.05, 3.63) is 57.8 Å². The molecule has 0 spiro atoms. The van der Waals surface area contributed by atoms with Gasteiger partial charge in [0, 0.05) is 38.9 Å². The van der Waals surface area contributed by atoms with Gasteiger partial charge < -0.3 is 5.11 Å². The van der Waals surface area contributed by atoms with Gasteiger partial charge in [-0.15, -0.1) is 23.1 Å². The Balaban J connectivity index is 1.78. The quantitative estimate of drug-likeness (QED) is 0.737. The molecule has 1 N–H and O–H groups in total. The topological polar surface area (TPSA) is 32.6 Å². The van der Waals surface area contributed by atoms with Crippen LogP contribution in [-0.2, 0) is 5.75 Å². The van der Waals surface area contributed by atoms with Crippen LogP contribution in [-0.4, -0.2) is 10.2 Å². The number of halogens is 1. The molecule has 1 aromatic heterocycles. The van der Waals surface area contributed by atoms with Gasteiger partial charge in [0.05, 0.1) is 10.1 Å². The number of thioether (sulfide) groups is 1. The van der Waals surface area contributed by atoms with Crippen LogP contribution in [0, 0.1) is 0 Å². The van der Waals surface area contributed by atoms with Crippen molar-refractivity contribution in [3.8, 4) is 0 Å². The molecule has 0 unspecified atom stereocenters. The Labute approximate surface area is 136 Å². The van der Waals surface area contributed by atoms with Gasteiger partial charge in [-0.3, -0.25) is 4.99 Å². The second-order valence-corrected chi connectivity index (χ2v) is 7.31. The molecular weight excluding hydrogens is 322 g/mol. The number of aliphatic imine (C=N–C) groups is 1. The van der Waals surface area contributed by atoms with Crippen LogP contribution in [0.3, 0.4) is 0 Å². The predicted molar refractivity (Wildman–Crippen MR) is 94.7 cm³/mol. The van der Waals surface area contributed by atoms with Crippen molar-refractivity contribution in [2.75, 3.05) is 0 Å². The van der Waals surface area contributed by atoms with Gasteiger partial charge in [0.25, 0.3) is 0 Å². The zero-order valence-electron chi connectivity index (χ0n) is 11.5. The van der Waals surface area contributed by atoms with Crippen LogP contribution >= 0.6 is 34.7 Å². The third kappa shape index (κ3) is 3.34. The number of thiophene rings is 1. The lowest BCUT2D eigenvalue weighted by atomic mass is 10.2. The molecule has 0 atom stereocenters. The van der Waals surface area contributed by atoms with E-state index in [-0.39, 0.29) is 5.76 Å². The number of aliphatic hydroxyl groups excluding tert-OH is 1. The Kier molecular flexibility index (Phi) is 4.38. The molecule has 0 radical (unpaired) electrons. The Hall–Kier alpha value is -1.23. The van der Waals surface area contributed by atoms with Crippen molar-refractivity contribution in [2.45, 2.75) is 19.1 Å². The maximum Gasteiger partial charge on any atom is 0.113 e. The first-order valence-corrected chi connectivity index (χ1v) is 8.75. The molecule has 0 saturated heterocycles. The Bertz CT molecular complexity index is 774. The smallest absolute Gasteiger partial charge is 0.113 e. The first-order chi connectivity index (χ1) is 10.1. The lowest BCUT2D eigenvalue weighted by Gasteiger charge is -2.02. The van der Waals surface area contributed by atoms with Crippen LogP contribution in [0.2, 0.25) is 5.02 Å². The van der Waals surface area contributed by atoms with E-state index < -0.39 is 0 Å². The molecule has 1 aromatic carbocycles. The van der Waals surface area contributed by atoms with Crippen LogP contribution in [0.15, 0.2) is 52.9 Å². The molecule has 0 aliphatic carbocycles. The molecule has 0 fully saturated rings. The molecule has 0 amide bonds. The molecule has 108 valence electrons. The molecule has 2 nitrogen and oxygen atoms in total. The summed E-state index contributed by atoms with van der Waals surface area (Å²) in [5.41, 5.74) is 0.825. The van der Waals surface area contributed by atoms with Gasteiger partial charge in [-0.25, -0.2) is 0 Å². The van der Waals surface area contributed by atoms with E-state index in [4.69, 9.17) is 11.6 Å². The molecule has 2 heterocycles. The standard InChI is InChI=1S/C16H14ClNOS2/c1-10-8-11(19)6-7-15(18-10)20-9-14-16(17)12-4-2-3-5-13(12)21-14/h2-6,8,19H,7,9H2,1H3. The normalized spacial score (nSPS) is 15.4. The average Bonchev–Trinajstić information content (AvgIpc) is 2.68. The summed E-state index contributed by atoms with van der Waals surface area (Å²) in [6.45, 7) is 1.89. The number of aliphatic hydroxyl groups is 1. The maximum atomic E-state index is 9.59. The molecule has 1 aliphatic rings. The van der Waals surface area contributed by atoms with Gasteiger partial charge in [0.1, 0.15) is 5.76 Å². The highest BCUT2D eigenvalue weighted by atomic mass is 35.5. The van der Waals surface area contributed by atoms with Crippen LogP contribution in [0.4, 0.5) is 0 Å². The van der Waals surface area contributed by atoms with Gasteiger partial charge in [0.15, 0.2) is 0 Å². The Morgan fingerprint density at radius 2 is 2.19 bits per heavy atom. The molecule has 21 heavy (non-hydrogen) atoms. The molecular formula is C16H14ClNOS2. The lowest BCUT2D eigenvalue weighted by Crippen LogP contribution is -1.91. The fraction of sp³-hybridized carbons (Fsp3) is 0.188. The van der Waals surface area contributed by atoms with E-state index >= 15 is 0 Å². The SMILES string of the molecule is CC1=CC(O)=CCC(SCc2sc3ccccc3c2Cl)=N1. The van der Waals surface area contributed by atoms with E-state index in [0.717, 1.165) is 26.9 Å². The third-order valence-corrected chi connectivity index (χ3v) is 6.04. The molecule has 5 heteroatoms. The number of fused-ring (bicyclic) bond motifs is 1. The molecule has 1 aliphatic heterocycles. The van der Waals surface area contributed by atoms with Crippen molar-refractivity contribution in [3.63, 3.8) is 0 Å². The first-order valence-electron chi connectivity index (χ1n) is 6.57. The number of benzene rings is 1. The van der Waals surface area contributed by atoms with Crippen LogP contribution in [0.25, 0.3) is 10.1 Å². The summed E-state index contributed by atoms with van der Waals surface area (Å²) in [5, 5.41) is 12.6. The summed E-state index contributed by atoms with van der Waals surface area (Å²) in [7, 11) is 0. The van der Waals surface area contributed by atoms with Gasteiger partial charge >= 0.3 is 0 Å². The van der Waals surface area contributed by atoms with Gasteiger partial charge in [-0.1, -0.05) is 29.8 Å². The zero-order chi connectivity index (χ0) is 14.8. The minimum Gasteiger partial charge on any atom is -0.508 e. The number of allylic oxidation sites excluding steroid dienone is 3. The van der Waals surface area contributed by atoms with E-state index in [0.29, 0.717) is 6.42 Å². The summed E-state index contributed by atoms with van der Waals surface area (Å²) in [6.07, 6.45) is 4.13. The van der Waals surface area contributed by atoms with E-state index in [1.807, 2.05) is 19.1 Å². The second-order valence-electron chi connectivity index (χ2n) is 4.75. The van der Waals surface area contributed by atoms with E-state index in [2.05, 4.69) is 17.1 Å². The van der Waals surface area contributed by atoms with Crippen molar-refractivity contribution in [1.82, 2.24) is 0 Å². The Morgan fingerprint density at radius 1 is 1.38 bits per heavy atom. The lowest BCUT2D eigenvalue weighted by molar-refractivity contribution is 0.430. The largest absolute Gasteiger partial charge is 0.508 e. The minimum atomic E-state index is 0.284. The highest BCUT2D eigenvalue weighted by Crippen LogP contribution is 2.37. The number of hydrogen-bond donors (Lipinski definition) is 1. The van der Waals surface area contributed by atoms with Crippen molar-refractivity contribution in [2.24, 2.45) is 4.99 Å². The Morgan fingerprint density at radius 3 is 3.00 bits per heavy atom. The molecule has 0 saturated carbocycles. The van der Waals surface area contributed by atoms with Gasteiger partial charge in [0.2, 0.25) is 0 Å². The number of rotatable bonds is 2. The summed E-state index contributed by atoms with van der Waals surface area (Å²) in [4.78, 5) is 5.69. The van der Waals surface area contributed by atoms with E-state index in [1.165, 1.54) is 9.58 Å². The van der Waals surface area contributed by atoms with E-state index in [9.17, 15) is 5.11 Å². The maximum absolute atomic E-state index is 9.59. The summed E-state index contributed by atoms with van der Waals surface area (Å²) >= 11 is 9.86. The third-order valence-electron chi connectivity index (χ3n) is 3.12. The van der Waals surface area contributed by atoms with Gasteiger partial charge in [-0.2, -0.15) is 0 Å². The fourth-order valence-electron chi connectivity index (χ4n) is 2.14. The average molecular weight is 336 g/mol. The fourth-order valence-corrected chi connectivity index (χ4v) is 4.78. The summed E-state index contributed by atoms with van der Waals surface area (Å²) in [5.74, 6) is 1.09. The summed E-state index contributed by atoms with van der Waals surface area (Å²) in [6, 6.07) is 8.19. The summed E-state index contributed by atoms with van der Waals surface area (Å²) < 4.78 is 1.22. The van der Waals surface area contributed by atoms with Crippen molar-refractivity contribution >= 4 is 49.8 Å². The predicted octanol–water partition coefficient (Wildman–Crippen LogP) is 5.94. The van der Waals surface area contributed by atoms with Crippen LogP contribution < -0.4 is 0 Å². The monoisotopic (exact) mass is 335 g/mol. The number of nitrogens with zero attached hydrogens (tertiary/aromatic N) is 1. The van der Waals surface area contributed by atoms with E-state index in [1.54, 1.807) is 35.3 Å². The highest BCUT2D eigenvalue weighted by molar-refractivity contribution is 8.13. The highest BCUT2D eigenvalue weighted by Gasteiger charge is 2.12. The second kappa shape index (κ2) is 6.26. The zero-order valence-corrected chi connectivity index (χ0v) is 13.9. The molecule has 2 aromatic rings. The van der Waals surface area contributed by atoms with Crippen molar-refractivity contribution < 1.29 is 5.11 Å². The molecule has 3 rings (SSSR count). The van der Waals surface area contributed by atoms with Crippen molar-refractivity contribution in [1.29, 1.82) is 0 Å². The first kappa shape index (κ1) is 14.7. The van der Waals surface area contributed by atoms with Gasteiger partial charge in [-0.05, 0) is 19.1 Å². The van der Waals surface area contributed by atoms with Crippen LogP contribution in [0.5, 0.6) is 0 Å².